The lowest BCUT2D eigenvalue weighted by molar-refractivity contribution is 0.352. The molecule has 0 saturated carbocycles. The number of hydrogen-bond acceptors (Lipinski definition) is 2. The van der Waals surface area contributed by atoms with Crippen LogP contribution in [-0.4, -0.2) is 31.1 Å². The number of likely N-dealkylation sites (N-methyl/N-ethyl adjacent to an activating group) is 1. The van der Waals surface area contributed by atoms with Crippen LogP contribution in [0.4, 0.5) is 5.69 Å². The van der Waals surface area contributed by atoms with Gasteiger partial charge in [-0.15, -0.1) is 0 Å². The molecular weight excluding hydrogens is 208 g/mol. The van der Waals surface area contributed by atoms with Crippen LogP contribution >= 0.6 is 0 Å². The van der Waals surface area contributed by atoms with Crippen molar-refractivity contribution in [1.82, 2.24) is 4.90 Å². The van der Waals surface area contributed by atoms with Crippen LogP contribution in [0.1, 0.15) is 30.0 Å². The first-order chi connectivity index (χ1) is 8.22. The van der Waals surface area contributed by atoms with Gasteiger partial charge >= 0.3 is 0 Å². The van der Waals surface area contributed by atoms with Gasteiger partial charge in [0.15, 0.2) is 0 Å². The third-order valence-electron chi connectivity index (χ3n) is 4.20. The predicted octanol–water partition coefficient (Wildman–Crippen LogP) is 2.46. The standard InChI is InChI=1S/C15H22N2/c1-11-3-4-14-9-12-5-7-17(2)8-6-13(12)10-15(14)16-11/h9-11,16H,3-8H2,1-2H3. The predicted molar refractivity (Wildman–Crippen MR) is 72.8 cm³/mol. The van der Waals surface area contributed by atoms with E-state index in [1.165, 1.54) is 50.0 Å². The molecule has 92 valence electrons. The minimum Gasteiger partial charge on any atom is -0.382 e. The van der Waals surface area contributed by atoms with Crippen molar-refractivity contribution in [1.29, 1.82) is 0 Å². The van der Waals surface area contributed by atoms with Crippen molar-refractivity contribution in [2.75, 3.05) is 25.5 Å². The molecule has 0 fully saturated rings. The highest BCUT2D eigenvalue weighted by Crippen LogP contribution is 2.29. The Labute approximate surface area is 104 Å². The van der Waals surface area contributed by atoms with Gasteiger partial charge in [-0.3, -0.25) is 0 Å². The molecular formula is C15H22N2. The van der Waals surface area contributed by atoms with Crippen LogP contribution in [0.2, 0.25) is 0 Å². The molecule has 1 atom stereocenters. The summed E-state index contributed by atoms with van der Waals surface area (Å²) in [7, 11) is 2.23. The molecule has 0 aromatic heterocycles. The number of rotatable bonds is 0. The van der Waals surface area contributed by atoms with Gasteiger partial charge in [0, 0.05) is 24.8 Å². The molecule has 2 heterocycles. The van der Waals surface area contributed by atoms with E-state index in [4.69, 9.17) is 0 Å². The van der Waals surface area contributed by atoms with Gasteiger partial charge in [0.2, 0.25) is 0 Å². The number of anilines is 1. The van der Waals surface area contributed by atoms with Gasteiger partial charge in [0.05, 0.1) is 0 Å². The summed E-state index contributed by atoms with van der Waals surface area (Å²) in [5, 5.41) is 3.63. The molecule has 17 heavy (non-hydrogen) atoms. The van der Waals surface area contributed by atoms with Gasteiger partial charge in [-0.05, 0) is 62.4 Å². The van der Waals surface area contributed by atoms with Crippen molar-refractivity contribution in [3.8, 4) is 0 Å². The summed E-state index contributed by atoms with van der Waals surface area (Å²) in [6.07, 6.45) is 4.93. The zero-order valence-electron chi connectivity index (χ0n) is 10.9. The second-order valence-electron chi connectivity index (χ2n) is 5.67. The van der Waals surface area contributed by atoms with E-state index in [2.05, 4.69) is 36.3 Å². The van der Waals surface area contributed by atoms with Crippen LogP contribution in [0, 0.1) is 0 Å². The van der Waals surface area contributed by atoms with Crippen molar-refractivity contribution in [2.45, 2.75) is 38.6 Å². The fourth-order valence-electron chi connectivity index (χ4n) is 2.99. The van der Waals surface area contributed by atoms with Crippen LogP contribution in [0.3, 0.4) is 0 Å². The maximum Gasteiger partial charge on any atom is 0.0377 e. The molecule has 0 bridgehead atoms. The normalized spacial score (nSPS) is 24.5. The molecule has 0 amide bonds. The third kappa shape index (κ3) is 2.19. The van der Waals surface area contributed by atoms with Crippen LogP contribution < -0.4 is 5.32 Å². The maximum absolute atomic E-state index is 3.63. The Morgan fingerprint density at radius 2 is 1.76 bits per heavy atom. The highest BCUT2D eigenvalue weighted by Gasteiger charge is 2.18. The largest absolute Gasteiger partial charge is 0.382 e. The van der Waals surface area contributed by atoms with Crippen LogP contribution in [0.25, 0.3) is 0 Å². The second-order valence-corrected chi connectivity index (χ2v) is 5.67. The van der Waals surface area contributed by atoms with Gasteiger partial charge < -0.3 is 10.2 Å². The van der Waals surface area contributed by atoms with E-state index < -0.39 is 0 Å². The van der Waals surface area contributed by atoms with Gasteiger partial charge in [0.25, 0.3) is 0 Å². The third-order valence-corrected chi connectivity index (χ3v) is 4.20. The van der Waals surface area contributed by atoms with Gasteiger partial charge in [0.1, 0.15) is 0 Å². The lowest BCUT2D eigenvalue weighted by Crippen LogP contribution is -2.22. The topological polar surface area (TPSA) is 15.3 Å². The summed E-state index contributed by atoms with van der Waals surface area (Å²) < 4.78 is 0. The van der Waals surface area contributed by atoms with Crippen LogP contribution in [-0.2, 0) is 19.3 Å². The quantitative estimate of drug-likeness (QED) is 0.736. The Morgan fingerprint density at radius 1 is 1.06 bits per heavy atom. The molecule has 3 rings (SSSR count). The lowest BCUT2D eigenvalue weighted by atomic mass is 9.92. The fraction of sp³-hybridized carbons (Fsp3) is 0.600. The Morgan fingerprint density at radius 3 is 2.53 bits per heavy atom. The first-order valence-corrected chi connectivity index (χ1v) is 6.82. The number of nitrogens with one attached hydrogen (secondary N) is 1. The molecule has 0 radical (unpaired) electrons. The first kappa shape index (κ1) is 11.1. The Balaban J connectivity index is 1.95. The van der Waals surface area contributed by atoms with E-state index in [0.29, 0.717) is 6.04 Å². The zero-order valence-corrected chi connectivity index (χ0v) is 10.9. The molecule has 2 aliphatic heterocycles. The summed E-state index contributed by atoms with van der Waals surface area (Å²) in [4.78, 5) is 2.44. The molecule has 1 unspecified atom stereocenters. The van der Waals surface area contributed by atoms with Crippen molar-refractivity contribution in [2.24, 2.45) is 0 Å². The zero-order chi connectivity index (χ0) is 11.8. The summed E-state index contributed by atoms with van der Waals surface area (Å²) >= 11 is 0. The Hall–Kier alpha value is -1.02. The molecule has 1 aromatic carbocycles. The monoisotopic (exact) mass is 230 g/mol. The molecule has 2 heteroatoms. The SMILES string of the molecule is CC1CCc2cc3c(cc2N1)CCN(C)CC3. The van der Waals surface area contributed by atoms with Crippen LogP contribution in [0.15, 0.2) is 12.1 Å². The van der Waals surface area contributed by atoms with E-state index in [9.17, 15) is 0 Å². The maximum atomic E-state index is 3.63. The molecule has 0 aliphatic carbocycles. The summed E-state index contributed by atoms with van der Waals surface area (Å²) in [6.45, 7) is 4.68. The van der Waals surface area contributed by atoms with Gasteiger partial charge in [-0.1, -0.05) is 6.07 Å². The Kier molecular flexibility index (Phi) is 2.83. The molecule has 0 spiro atoms. The molecule has 1 aromatic rings. The van der Waals surface area contributed by atoms with Gasteiger partial charge in [-0.25, -0.2) is 0 Å². The average molecular weight is 230 g/mol. The molecule has 2 aliphatic rings. The van der Waals surface area contributed by atoms with Crippen molar-refractivity contribution >= 4 is 5.69 Å². The Bertz CT molecular complexity index is 425. The number of fused-ring (bicyclic) bond motifs is 2. The summed E-state index contributed by atoms with van der Waals surface area (Å²) in [6, 6.07) is 5.51. The highest BCUT2D eigenvalue weighted by atomic mass is 15.1. The number of aryl methyl sites for hydroxylation is 1. The highest BCUT2D eigenvalue weighted by molar-refractivity contribution is 5.58. The summed E-state index contributed by atoms with van der Waals surface area (Å²) in [5.74, 6) is 0. The van der Waals surface area contributed by atoms with Gasteiger partial charge in [-0.2, -0.15) is 0 Å². The molecule has 2 nitrogen and oxygen atoms in total. The number of benzene rings is 1. The van der Waals surface area contributed by atoms with Crippen molar-refractivity contribution < 1.29 is 0 Å². The summed E-state index contributed by atoms with van der Waals surface area (Å²) in [5.41, 5.74) is 6.08. The van der Waals surface area contributed by atoms with Crippen LogP contribution in [0.5, 0.6) is 0 Å². The van der Waals surface area contributed by atoms with E-state index in [1.54, 1.807) is 11.1 Å². The second kappa shape index (κ2) is 4.34. The smallest absolute Gasteiger partial charge is 0.0377 e. The average Bonchev–Trinajstić information content (AvgIpc) is 2.49. The fourth-order valence-corrected chi connectivity index (χ4v) is 2.99. The lowest BCUT2D eigenvalue weighted by Gasteiger charge is -2.25. The van der Waals surface area contributed by atoms with E-state index in [0.717, 1.165) is 0 Å². The van der Waals surface area contributed by atoms with Crippen molar-refractivity contribution in [3.05, 3.63) is 28.8 Å². The molecule has 1 N–H and O–H groups in total. The van der Waals surface area contributed by atoms with E-state index in [1.807, 2.05) is 0 Å². The number of nitrogens with zero attached hydrogens (tertiary/aromatic N) is 1. The molecule has 0 saturated heterocycles. The minimum atomic E-state index is 0.633. The minimum absolute atomic E-state index is 0.633. The first-order valence-electron chi connectivity index (χ1n) is 6.82. The van der Waals surface area contributed by atoms with E-state index >= 15 is 0 Å². The van der Waals surface area contributed by atoms with Crippen molar-refractivity contribution in [3.63, 3.8) is 0 Å². The van der Waals surface area contributed by atoms with E-state index in [-0.39, 0.29) is 0 Å². The number of hydrogen-bond donors (Lipinski definition) is 1.